The molecule has 0 aliphatic heterocycles. The number of hydrogen-bond acceptors (Lipinski definition) is 3. The molecule has 134 valence electrons. The van der Waals surface area contributed by atoms with E-state index < -0.39 is 11.9 Å². The molecule has 25 heavy (non-hydrogen) atoms. The molecule has 5 nitrogen and oxygen atoms in total. The van der Waals surface area contributed by atoms with Crippen LogP contribution in [0, 0.1) is 0 Å². The summed E-state index contributed by atoms with van der Waals surface area (Å²) >= 11 is 6.27. The van der Waals surface area contributed by atoms with Crippen molar-refractivity contribution >= 4 is 35.9 Å². The highest BCUT2D eigenvalue weighted by Crippen LogP contribution is 2.32. The zero-order valence-electron chi connectivity index (χ0n) is 13.3. The highest BCUT2D eigenvalue weighted by atomic mass is 35.5. The van der Waals surface area contributed by atoms with Gasteiger partial charge in [-0.15, -0.1) is 12.4 Å². The van der Waals surface area contributed by atoms with Gasteiger partial charge in [0.1, 0.15) is 0 Å². The molecular weight excluding hydrogens is 365 g/mol. The van der Waals surface area contributed by atoms with E-state index in [-0.39, 0.29) is 37.7 Å². The summed E-state index contributed by atoms with van der Waals surface area (Å²) in [5, 5.41) is 18.3. The van der Waals surface area contributed by atoms with Gasteiger partial charge < -0.3 is 15.9 Å². The summed E-state index contributed by atoms with van der Waals surface area (Å²) in [5.41, 5.74) is 8.81. The van der Waals surface area contributed by atoms with Crippen molar-refractivity contribution in [2.24, 2.45) is 5.73 Å². The lowest BCUT2D eigenvalue weighted by Crippen LogP contribution is -2.16. The highest BCUT2D eigenvalue weighted by molar-refractivity contribution is 6.33. The van der Waals surface area contributed by atoms with Gasteiger partial charge in [0.2, 0.25) is 0 Å². The van der Waals surface area contributed by atoms with Crippen LogP contribution < -0.4 is 5.73 Å². The predicted octanol–water partition coefficient (Wildman–Crippen LogP) is 3.57. The molecule has 0 fully saturated rings. The Labute approximate surface area is 156 Å². The summed E-state index contributed by atoms with van der Waals surface area (Å²) in [6.45, 7) is 0.227. The maximum absolute atomic E-state index is 11.0. The van der Waals surface area contributed by atoms with Crippen LogP contribution in [0.2, 0.25) is 5.02 Å². The molecule has 1 atom stereocenters. The lowest BCUT2D eigenvalue weighted by Gasteiger charge is -2.15. The second-order valence-electron chi connectivity index (χ2n) is 5.54. The van der Waals surface area contributed by atoms with E-state index in [1.165, 1.54) is 0 Å². The monoisotopic (exact) mass is 383 g/mol. The van der Waals surface area contributed by atoms with E-state index in [1.807, 2.05) is 6.07 Å². The molecule has 0 radical (unpaired) electrons. The van der Waals surface area contributed by atoms with Crippen molar-refractivity contribution in [3.8, 4) is 11.1 Å². The van der Waals surface area contributed by atoms with E-state index in [0.29, 0.717) is 10.6 Å². The molecule has 2 aromatic carbocycles. The predicted molar refractivity (Wildman–Crippen MR) is 99.5 cm³/mol. The van der Waals surface area contributed by atoms with Crippen molar-refractivity contribution in [2.45, 2.75) is 18.8 Å². The van der Waals surface area contributed by atoms with Gasteiger partial charge in [-0.1, -0.05) is 41.9 Å². The van der Waals surface area contributed by atoms with Crippen LogP contribution in [-0.2, 0) is 16.0 Å². The molecule has 0 saturated heterocycles. The number of carbonyl (C=O) groups is 2. The van der Waals surface area contributed by atoms with Crippen molar-refractivity contribution in [2.75, 3.05) is 6.54 Å². The fraction of sp³-hybridized carbons (Fsp3) is 0.222. The van der Waals surface area contributed by atoms with Crippen LogP contribution in [0.1, 0.15) is 23.5 Å². The zero-order valence-corrected chi connectivity index (χ0v) is 14.9. The molecule has 4 N–H and O–H groups in total. The standard InChI is InChI=1S/C18H18ClNO4.ClH/c19-16-6-5-13(14(10-20)9-18(23)24)8-15(16)12-3-1-11(2-4-12)7-17(21)22;/h1-6,8,14H,7,9-10,20H2,(H,21,22)(H,23,24);1H/t14-;/m0./s1. The molecule has 0 unspecified atom stereocenters. The number of benzene rings is 2. The van der Waals surface area contributed by atoms with Crippen molar-refractivity contribution in [1.82, 2.24) is 0 Å². The Morgan fingerprint density at radius 3 is 2.20 bits per heavy atom. The maximum Gasteiger partial charge on any atom is 0.307 e. The molecular formula is C18H19Cl2NO4. The average Bonchev–Trinajstić information content (AvgIpc) is 2.53. The lowest BCUT2D eigenvalue weighted by molar-refractivity contribution is -0.138. The number of rotatable bonds is 7. The molecule has 0 aliphatic rings. The topological polar surface area (TPSA) is 101 Å². The van der Waals surface area contributed by atoms with Gasteiger partial charge in [0, 0.05) is 16.5 Å². The fourth-order valence-electron chi connectivity index (χ4n) is 2.54. The third-order valence-electron chi connectivity index (χ3n) is 3.79. The quantitative estimate of drug-likeness (QED) is 0.678. The number of aliphatic carboxylic acids is 2. The highest BCUT2D eigenvalue weighted by Gasteiger charge is 2.16. The minimum Gasteiger partial charge on any atom is -0.481 e. The van der Waals surface area contributed by atoms with Gasteiger partial charge in [-0.05, 0) is 35.4 Å². The molecule has 2 aromatic rings. The van der Waals surface area contributed by atoms with Crippen LogP contribution in [0.4, 0.5) is 0 Å². The second-order valence-corrected chi connectivity index (χ2v) is 5.94. The minimum atomic E-state index is -0.903. The summed E-state index contributed by atoms with van der Waals surface area (Å²) in [6.07, 6.45) is -0.0863. The first-order valence-corrected chi connectivity index (χ1v) is 7.81. The largest absolute Gasteiger partial charge is 0.481 e. The molecule has 0 saturated carbocycles. The van der Waals surface area contributed by atoms with Crippen molar-refractivity contribution < 1.29 is 19.8 Å². The first-order valence-electron chi connectivity index (χ1n) is 7.43. The first-order chi connectivity index (χ1) is 11.4. The van der Waals surface area contributed by atoms with Crippen molar-refractivity contribution in [3.05, 3.63) is 58.6 Å². The first kappa shape index (κ1) is 21.0. The average molecular weight is 384 g/mol. The summed E-state index contributed by atoms with van der Waals surface area (Å²) < 4.78 is 0. The number of carboxylic acid groups (broad SMARTS) is 2. The lowest BCUT2D eigenvalue weighted by atomic mass is 9.92. The van der Waals surface area contributed by atoms with Crippen LogP contribution in [0.5, 0.6) is 0 Å². The van der Waals surface area contributed by atoms with Crippen LogP contribution in [0.15, 0.2) is 42.5 Å². The van der Waals surface area contributed by atoms with Crippen molar-refractivity contribution in [1.29, 1.82) is 0 Å². The summed E-state index contributed by atoms with van der Waals surface area (Å²) in [4.78, 5) is 21.7. The number of hydrogen-bond donors (Lipinski definition) is 3. The van der Waals surface area contributed by atoms with Crippen LogP contribution in [0.3, 0.4) is 0 Å². The van der Waals surface area contributed by atoms with E-state index in [1.54, 1.807) is 36.4 Å². The number of halogens is 2. The van der Waals surface area contributed by atoms with Crippen molar-refractivity contribution in [3.63, 3.8) is 0 Å². The van der Waals surface area contributed by atoms with Gasteiger partial charge in [-0.25, -0.2) is 0 Å². The van der Waals surface area contributed by atoms with Gasteiger partial charge in [0.15, 0.2) is 0 Å². The molecule has 2 rings (SSSR count). The van der Waals surface area contributed by atoms with E-state index in [2.05, 4.69) is 0 Å². The molecule has 7 heteroatoms. The van der Waals surface area contributed by atoms with E-state index in [0.717, 1.165) is 16.7 Å². The summed E-state index contributed by atoms with van der Waals surface area (Å²) in [6, 6.07) is 12.4. The van der Waals surface area contributed by atoms with E-state index >= 15 is 0 Å². The third kappa shape index (κ3) is 5.74. The summed E-state index contributed by atoms with van der Waals surface area (Å²) in [5.74, 6) is -2.08. The molecule has 0 aliphatic carbocycles. The molecule has 0 spiro atoms. The van der Waals surface area contributed by atoms with E-state index in [4.69, 9.17) is 27.5 Å². The van der Waals surface area contributed by atoms with Gasteiger partial charge >= 0.3 is 11.9 Å². The van der Waals surface area contributed by atoms with Crippen LogP contribution in [-0.4, -0.2) is 28.7 Å². The molecule has 0 bridgehead atoms. The molecule has 0 heterocycles. The van der Waals surface area contributed by atoms with Crippen LogP contribution >= 0.6 is 24.0 Å². The molecule has 0 amide bonds. The van der Waals surface area contributed by atoms with E-state index in [9.17, 15) is 9.59 Å². The fourth-order valence-corrected chi connectivity index (χ4v) is 2.77. The number of nitrogens with two attached hydrogens (primary N) is 1. The normalized spacial score (nSPS) is 11.4. The maximum atomic E-state index is 11.0. The van der Waals surface area contributed by atoms with Gasteiger partial charge in [0.05, 0.1) is 12.8 Å². The smallest absolute Gasteiger partial charge is 0.307 e. The Morgan fingerprint density at radius 2 is 1.68 bits per heavy atom. The number of carboxylic acids is 2. The molecule has 0 aromatic heterocycles. The van der Waals surface area contributed by atoms with Gasteiger partial charge in [0.25, 0.3) is 0 Å². The zero-order chi connectivity index (χ0) is 17.7. The second kappa shape index (κ2) is 9.42. The Kier molecular flexibility index (Phi) is 7.90. The minimum absolute atomic E-state index is 0. The third-order valence-corrected chi connectivity index (χ3v) is 4.12. The Bertz CT molecular complexity index is 747. The SMILES string of the molecule is Cl.NC[C@H](CC(=O)O)c1ccc(Cl)c(-c2ccc(CC(=O)O)cc2)c1. The summed E-state index contributed by atoms with van der Waals surface area (Å²) in [7, 11) is 0. The Balaban J connectivity index is 0.00000312. The van der Waals surface area contributed by atoms with Gasteiger partial charge in [-0.2, -0.15) is 0 Å². The van der Waals surface area contributed by atoms with Crippen LogP contribution in [0.25, 0.3) is 11.1 Å². The Morgan fingerprint density at radius 1 is 1.04 bits per heavy atom. The Hall–Kier alpha value is -2.08. The van der Waals surface area contributed by atoms with Gasteiger partial charge in [-0.3, -0.25) is 9.59 Å².